The summed E-state index contributed by atoms with van der Waals surface area (Å²) in [6.07, 6.45) is 3.54. The maximum Gasteiger partial charge on any atom is 0.248 e. The average Bonchev–Trinajstić information content (AvgIpc) is 2.23. The van der Waals surface area contributed by atoms with Crippen LogP contribution in [-0.4, -0.2) is 31.2 Å². The molecule has 1 N–H and O–H groups in total. The first-order valence-electron chi connectivity index (χ1n) is 5.90. The summed E-state index contributed by atoms with van der Waals surface area (Å²) >= 11 is 0. The van der Waals surface area contributed by atoms with Gasteiger partial charge in [0.15, 0.2) is 0 Å². The standard InChI is InChI=1S/C11H19F2NO/c12-11(13)5-3-9(4-6-11)15-10-2-1-7-14-8-10/h9-10,14H,1-8H2. The third kappa shape index (κ3) is 3.38. The summed E-state index contributed by atoms with van der Waals surface area (Å²) in [4.78, 5) is 0. The van der Waals surface area contributed by atoms with E-state index in [4.69, 9.17) is 4.74 Å². The Balaban J connectivity index is 1.71. The maximum absolute atomic E-state index is 12.9. The molecule has 0 aromatic carbocycles. The third-order valence-electron chi connectivity index (χ3n) is 3.30. The number of hydrogen-bond donors (Lipinski definition) is 1. The molecule has 88 valence electrons. The molecule has 1 unspecified atom stereocenters. The van der Waals surface area contributed by atoms with E-state index < -0.39 is 5.92 Å². The summed E-state index contributed by atoms with van der Waals surface area (Å²) in [5, 5.41) is 3.27. The lowest BCUT2D eigenvalue weighted by atomic mass is 9.94. The fraction of sp³-hybridized carbons (Fsp3) is 1.00. The minimum Gasteiger partial charge on any atom is -0.374 e. The second kappa shape index (κ2) is 4.74. The largest absolute Gasteiger partial charge is 0.374 e. The smallest absolute Gasteiger partial charge is 0.248 e. The molecule has 1 saturated carbocycles. The molecule has 0 bridgehead atoms. The Bertz CT molecular complexity index is 195. The molecule has 1 saturated heterocycles. The average molecular weight is 219 g/mol. The van der Waals surface area contributed by atoms with Gasteiger partial charge in [-0.3, -0.25) is 0 Å². The van der Waals surface area contributed by atoms with Crippen LogP contribution in [0.25, 0.3) is 0 Å². The Morgan fingerprint density at radius 3 is 2.40 bits per heavy atom. The van der Waals surface area contributed by atoms with Crippen LogP contribution in [0.1, 0.15) is 38.5 Å². The molecule has 0 radical (unpaired) electrons. The number of piperidine rings is 1. The zero-order valence-corrected chi connectivity index (χ0v) is 8.98. The van der Waals surface area contributed by atoms with Crippen molar-refractivity contribution in [1.29, 1.82) is 0 Å². The van der Waals surface area contributed by atoms with E-state index in [-0.39, 0.29) is 25.0 Å². The minimum absolute atomic E-state index is 0.00217. The Morgan fingerprint density at radius 2 is 1.80 bits per heavy atom. The van der Waals surface area contributed by atoms with Gasteiger partial charge in [0.25, 0.3) is 0 Å². The van der Waals surface area contributed by atoms with E-state index >= 15 is 0 Å². The molecule has 0 aromatic heterocycles. The molecule has 2 nitrogen and oxygen atoms in total. The monoisotopic (exact) mass is 219 g/mol. The first-order valence-corrected chi connectivity index (χ1v) is 5.90. The van der Waals surface area contributed by atoms with Gasteiger partial charge in [0.05, 0.1) is 12.2 Å². The Morgan fingerprint density at radius 1 is 1.07 bits per heavy atom. The van der Waals surface area contributed by atoms with Crippen molar-refractivity contribution in [3.05, 3.63) is 0 Å². The summed E-state index contributed by atoms with van der Waals surface area (Å²) in [5.74, 6) is -2.44. The lowest BCUT2D eigenvalue weighted by Crippen LogP contribution is -2.39. The van der Waals surface area contributed by atoms with Crippen molar-refractivity contribution in [2.45, 2.75) is 56.7 Å². The molecular formula is C11H19F2NO. The van der Waals surface area contributed by atoms with E-state index in [1.165, 1.54) is 0 Å². The SMILES string of the molecule is FC1(F)CCC(OC2CCCNC2)CC1. The Hall–Kier alpha value is -0.220. The van der Waals surface area contributed by atoms with Crippen LogP contribution in [0.2, 0.25) is 0 Å². The van der Waals surface area contributed by atoms with Gasteiger partial charge in [0.2, 0.25) is 5.92 Å². The first kappa shape index (κ1) is 11.3. The normalized spacial score (nSPS) is 32.8. The zero-order valence-electron chi connectivity index (χ0n) is 8.98. The molecule has 4 heteroatoms. The fourth-order valence-electron chi connectivity index (χ4n) is 2.36. The van der Waals surface area contributed by atoms with Crippen molar-refractivity contribution in [3.63, 3.8) is 0 Å². The minimum atomic E-state index is -2.44. The van der Waals surface area contributed by atoms with Crippen LogP contribution in [0.15, 0.2) is 0 Å². The van der Waals surface area contributed by atoms with E-state index in [2.05, 4.69) is 5.32 Å². The van der Waals surface area contributed by atoms with Crippen LogP contribution >= 0.6 is 0 Å². The second-order valence-electron chi connectivity index (χ2n) is 4.66. The van der Waals surface area contributed by atoms with Gasteiger partial charge in [-0.1, -0.05) is 0 Å². The molecule has 2 rings (SSSR count). The van der Waals surface area contributed by atoms with Crippen molar-refractivity contribution in [2.75, 3.05) is 13.1 Å². The molecule has 1 heterocycles. The maximum atomic E-state index is 12.9. The van der Waals surface area contributed by atoms with Crippen LogP contribution < -0.4 is 5.32 Å². The number of alkyl halides is 2. The van der Waals surface area contributed by atoms with Gasteiger partial charge in [0.1, 0.15) is 0 Å². The zero-order chi connectivity index (χ0) is 10.7. The van der Waals surface area contributed by atoms with Crippen molar-refractivity contribution >= 4 is 0 Å². The topological polar surface area (TPSA) is 21.3 Å². The van der Waals surface area contributed by atoms with Crippen LogP contribution in [0, 0.1) is 0 Å². The van der Waals surface area contributed by atoms with Gasteiger partial charge < -0.3 is 10.1 Å². The van der Waals surface area contributed by atoms with E-state index in [1.807, 2.05) is 0 Å². The highest BCUT2D eigenvalue weighted by molar-refractivity contribution is 4.80. The van der Waals surface area contributed by atoms with Crippen molar-refractivity contribution in [2.24, 2.45) is 0 Å². The molecule has 2 aliphatic rings. The molecule has 1 atom stereocenters. The highest BCUT2D eigenvalue weighted by atomic mass is 19.3. The summed E-state index contributed by atoms with van der Waals surface area (Å²) in [6, 6.07) is 0. The molecule has 15 heavy (non-hydrogen) atoms. The number of hydrogen-bond acceptors (Lipinski definition) is 2. The van der Waals surface area contributed by atoms with Gasteiger partial charge in [-0.25, -0.2) is 8.78 Å². The van der Waals surface area contributed by atoms with E-state index in [0.29, 0.717) is 12.8 Å². The lowest BCUT2D eigenvalue weighted by Gasteiger charge is -2.32. The van der Waals surface area contributed by atoms with E-state index in [1.54, 1.807) is 0 Å². The van der Waals surface area contributed by atoms with Crippen molar-refractivity contribution < 1.29 is 13.5 Å². The summed E-state index contributed by atoms with van der Waals surface area (Å²) < 4.78 is 31.6. The molecular weight excluding hydrogens is 200 g/mol. The van der Waals surface area contributed by atoms with Crippen LogP contribution in [0.5, 0.6) is 0 Å². The number of rotatable bonds is 2. The molecule has 1 aliphatic carbocycles. The van der Waals surface area contributed by atoms with Crippen LogP contribution in [-0.2, 0) is 4.74 Å². The van der Waals surface area contributed by atoms with Crippen molar-refractivity contribution in [3.8, 4) is 0 Å². The third-order valence-corrected chi connectivity index (χ3v) is 3.30. The van der Waals surface area contributed by atoms with Gasteiger partial charge in [-0.05, 0) is 32.2 Å². The van der Waals surface area contributed by atoms with Crippen molar-refractivity contribution in [1.82, 2.24) is 5.32 Å². The van der Waals surface area contributed by atoms with Gasteiger partial charge in [-0.15, -0.1) is 0 Å². The summed E-state index contributed by atoms with van der Waals surface area (Å²) in [7, 11) is 0. The van der Waals surface area contributed by atoms with Crippen LogP contribution in [0.4, 0.5) is 8.78 Å². The summed E-state index contributed by atoms with van der Waals surface area (Å²) in [6.45, 7) is 1.94. The first-order chi connectivity index (χ1) is 7.16. The lowest BCUT2D eigenvalue weighted by molar-refractivity contribution is -0.102. The van der Waals surface area contributed by atoms with E-state index in [9.17, 15) is 8.78 Å². The highest BCUT2D eigenvalue weighted by Crippen LogP contribution is 2.34. The Labute approximate surface area is 89.4 Å². The second-order valence-corrected chi connectivity index (χ2v) is 4.66. The van der Waals surface area contributed by atoms with Crippen LogP contribution in [0.3, 0.4) is 0 Å². The van der Waals surface area contributed by atoms with E-state index in [0.717, 1.165) is 25.9 Å². The molecule has 0 aromatic rings. The molecule has 1 aliphatic heterocycles. The quantitative estimate of drug-likeness (QED) is 0.769. The number of nitrogens with one attached hydrogen (secondary N) is 1. The fourth-order valence-corrected chi connectivity index (χ4v) is 2.36. The molecule has 2 fully saturated rings. The molecule has 0 spiro atoms. The number of ether oxygens (including phenoxy) is 1. The van der Waals surface area contributed by atoms with Gasteiger partial charge in [0, 0.05) is 19.4 Å². The predicted molar refractivity (Wildman–Crippen MR) is 54.2 cm³/mol. The van der Waals surface area contributed by atoms with Gasteiger partial charge >= 0.3 is 0 Å². The van der Waals surface area contributed by atoms with Gasteiger partial charge in [-0.2, -0.15) is 0 Å². The Kier molecular flexibility index (Phi) is 3.57. The predicted octanol–water partition coefficient (Wildman–Crippen LogP) is 2.33. The number of halogens is 2. The highest BCUT2D eigenvalue weighted by Gasteiger charge is 2.36. The summed E-state index contributed by atoms with van der Waals surface area (Å²) in [5.41, 5.74) is 0. The molecule has 0 amide bonds.